The standard InChI is InChI=1S/C41H30N4O3/c1-24(2)48-41-30(39(46)40(41)47)16-15-29-31-19-21-35(44-31)37(25-9-5-3-6-10-25)33-17-13-27(42-33)23-28-14-18-34(43-28)38(26-11-7-4-8-12-26)36-22-20-32(29)45-36/h3-24,46-47H,1-2H3/b16-15+,27-23?,28-23?,31-29?,32-29?,37-33?,37-35?,38-34?,38-36?. The van der Waals surface area contributed by atoms with Crippen LogP contribution in [-0.2, 0) is 4.74 Å². The number of ether oxygens (including phenoxy) is 1. The minimum atomic E-state index is -0.252. The predicted octanol–water partition coefficient (Wildman–Crippen LogP) is 8.58. The molecule has 5 heterocycles. The largest absolute Gasteiger partial charge is 0.504 e. The van der Waals surface area contributed by atoms with Gasteiger partial charge >= 0.3 is 0 Å². The number of nitrogens with zero attached hydrogens (tertiary/aromatic N) is 4. The highest BCUT2D eigenvalue weighted by atomic mass is 16.5. The third kappa shape index (κ3) is 5.21. The van der Waals surface area contributed by atoms with Gasteiger partial charge in [0.15, 0.2) is 11.5 Å². The van der Waals surface area contributed by atoms with Gasteiger partial charge in [0.25, 0.3) is 0 Å². The first-order valence-electron chi connectivity index (χ1n) is 15.8. The SMILES string of the molecule is CC(C)OC1=C(/C=C/C2=C3C=CC(=N3)C(c3ccccc3)=C3C=CC(=N3)C=C3C=CC(=N3)C(c3ccccc3)=C3C=CC2=N3)C(O)=C1O. The van der Waals surface area contributed by atoms with E-state index in [1.165, 1.54) is 0 Å². The average Bonchev–Trinajstić information content (AvgIpc) is 3.93. The average molecular weight is 627 g/mol. The number of allylic oxidation sites excluding steroid dienone is 14. The van der Waals surface area contributed by atoms with Crippen LogP contribution in [0.3, 0.4) is 0 Å². The second-order valence-electron chi connectivity index (χ2n) is 11.9. The molecule has 0 radical (unpaired) electrons. The second kappa shape index (κ2) is 11.8. The fourth-order valence-electron chi connectivity index (χ4n) is 6.10. The van der Waals surface area contributed by atoms with Crippen LogP contribution in [0.25, 0.3) is 11.1 Å². The Morgan fingerprint density at radius 3 is 1.83 bits per heavy atom. The molecule has 48 heavy (non-hydrogen) atoms. The molecule has 7 nitrogen and oxygen atoms in total. The third-order valence-electron chi connectivity index (χ3n) is 8.31. The van der Waals surface area contributed by atoms with Crippen LogP contribution < -0.4 is 0 Å². The van der Waals surface area contributed by atoms with E-state index in [4.69, 9.17) is 24.7 Å². The molecule has 8 rings (SSSR count). The molecule has 6 aliphatic rings. The maximum atomic E-state index is 10.5. The zero-order valence-corrected chi connectivity index (χ0v) is 26.3. The van der Waals surface area contributed by atoms with Crippen LogP contribution in [0.2, 0.25) is 0 Å². The van der Waals surface area contributed by atoms with Gasteiger partial charge < -0.3 is 14.9 Å². The van der Waals surface area contributed by atoms with Gasteiger partial charge in [-0.05, 0) is 91.8 Å². The molecule has 1 aliphatic carbocycles. The summed E-state index contributed by atoms with van der Waals surface area (Å²) < 4.78 is 5.79. The predicted molar refractivity (Wildman–Crippen MR) is 193 cm³/mol. The highest BCUT2D eigenvalue weighted by molar-refractivity contribution is 6.34. The molecule has 8 bridgehead atoms. The van der Waals surface area contributed by atoms with Crippen molar-refractivity contribution in [3.63, 3.8) is 0 Å². The summed E-state index contributed by atoms with van der Waals surface area (Å²) >= 11 is 0. The first kappa shape index (κ1) is 29.1. The molecule has 0 unspecified atom stereocenters. The van der Waals surface area contributed by atoms with E-state index in [9.17, 15) is 10.2 Å². The molecule has 2 aromatic rings. The number of aliphatic hydroxyl groups is 2. The van der Waals surface area contributed by atoms with E-state index >= 15 is 0 Å². The lowest BCUT2D eigenvalue weighted by atomic mass is 9.98. The van der Waals surface area contributed by atoms with Crippen LogP contribution in [0, 0.1) is 0 Å². The highest BCUT2D eigenvalue weighted by Gasteiger charge is 2.31. The van der Waals surface area contributed by atoms with Gasteiger partial charge in [-0.25, -0.2) is 20.0 Å². The minimum Gasteiger partial charge on any atom is -0.504 e. The summed E-state index contributed by atoms with van der Waals surface area (Å²) in [5.41, 5.74) is 11.1. The van der Waals surface area contributed by atoms with Gasteiger partial charge in [0.05, 0.1) is 57.3 Å². The maximum Gasteiger partial charge on any atom is 0.202 e. The van der Waals surface area contributed by atoms with Crippen molar-refractivity contribution in [1.82, 2.24) is 0 Å². The first-order valence-corrected chi connectivity index (χ1v) is 15.8. The number of hydrogen-bond acceptors (Lipinski definition) is 7. The molecule has 5 aliphatic heterocycles. The number of aliphatic imine (C=N–C) groups is 4. The van der Waals surface area contributed by atoms with Gasteiger partial charge in [0.2, 0.25) is 5.76 Å². The number of fused-ring (bicyclic) bond motifs is 4. The molecule has 0 fully saturated rings. The number of hydrogen-bond donors (Lipinski definition) is 2. The van der Waals surface area contributed by atoms with Gasteiger partial charge in [0, 0.05) is 16.7 Å². The number of benzene rings is 2. The zero-order valence-electron chi connectivity index (χ0n) is 26.3. The Labute approximate surface area is 278 Å². The van der Waals surface area contributed by atoms with Crippen molar-refractivity contribution in [3.8, 4) is 0 Å². The van der Waals surface area contributed by atoms with Crippen molar-refractivity contribution in [1.29, 1.82) is 0 Å². The fourth-order valence-corrected chi connectivity index (χ4v) is 6.10. The maximum absolute atomic E-state index is 10.5. The molecular weight excluding hydrogens is 596 g/mol. The lowest BCUT2D eigenvalue weighted by Gasteiger charge is -2.23. The quantitative estimate of drug-likeness (QED) is 0.336. The van der Waals surface area contributed by atoms with Gasteiger partial charge in [-0.15, -0.1) is 0 Å². The Bertz CT molecular complexity index is 2220. The van der Waals surface area contributed by atoms with Crippen LogP contribution in [0.1, 0.15) is 25.0 Å². The van der Waals surface area contributed by atoms with Crippen molar-refractivity contribution in [3.05, 3.63) is 190 Å². The third-order valence-corrected chi connectivity index (χ3v) is 8.31. The van der Waals surface area contributed by atoms with E-state index in [0.717, 1.165) is 62.1 Å². The van der Waals surface area contributed by atoms with Gasteiger partial charge in [-0.2, -0.15) is 0 Å². The van der Waals surface area contributed by atoms with Gasteiger partial charge in [-0.1, -0.05) is 60.7 Å². The summed E-state index contributed by atoms with van der Waals surface area (Å²) in [6.45, 7) is 3.74. The van der Waals surface area contributed by atoms with Crippen molar-refractivity contribution in [2.75, 3.05) is 0 Å². The lowest BCUT2D eigenvalue weighted by Crippen LogP contribution is -2.17. The lowest BCUT2D eigenvalue weighted by molar-refractivity contribution is 0.119. The van der Waals surface area contributed by atoms with E-state index in [-0.39, 0.29) is 23.4 Å². The summed E-state index contributed by atoms with van der Waals surface area (Å²) in [5.74, 6) is -0.207. The van der Waals surface area contributed by atoms with Crippen LogP contribution in [0.15, 0.2) is 199 Å². The van der Waals surface area contributed by atoms with Crippen molar-refractivity contribution < 1.29 is 14.9 Å². The summed E-state index contributed by atoms with van der Waals surface area (Å²) in [6.07, 6.45) is 21.4. The zero-order chi connectivity index (χ0) is 32.8. The van der Waals surface area contributed by atoms with Crippen LogP contribution in [0.5, 0.6) is 0 Å². The summed E-state index contributed by atoms with van der Waals surface area (Å²) in [7, 11) is 0. The molecule has 0 saturated carbocycles. The normalized spacial score (nSPS) is 19.6. The monoisotopic (exact) mass is 626 g/mol. The van der Waals surface area contributed by atoms with Crippen LogP contribution in [0.4, 0.5) is 0 Å². The molecule has 2 N–H and O–H groups in total. The molecule has 0 saturated heterocycles. The van der Waals surface area contributed by atoms with Crippen molar-refractivity contribution in [2.45, 2.75) is 20.0 Å². The number of rotatable bonds is 6. The molecule has 232 valence electrons. The molecule has 7 heteroatoms. The fraction of sp³-hybridized carbons (Fsp3) is 0.0732. The van der Waals surface area contributed by atoms with Crippen LogP contribution >= 0.6 is 0 Å². The van der Waals surface area contributed by atoms with E-state index < -0.39 is 0 Å². The first-order chi connectivity index (χ1) is 23.4. The Hall–Kier alpha value is -6.34. The molecule has 0 amide bonds. The molecular formula is C41H30N4O3. The van der Waals surface area contributed by atoms with Crippen molar-refractivity contribution >= 4 is 34.0 Å². The Kier molecular flexibility index (Phi) is 7.14. The van der Waals surface area contributed by atoms with E-state index in [0.29, 0.717) is 17.0 Å². The Balaban J connectivity index is 1.36. The highest BCUT2D eigenvalue weighted by Crippen LogP contribution is 2.37. The topological polar surface area (TPSA) is 99.1 Å². The Morgan fingerprint density at radius 2 is 1.12 bits per heavy atom. The molecule has 0 atom stereocenters. The smallest absolute Gasteiger partial charge is 0.202 e. The van der Waals surface area contributed by atoms with E-state index in [2.05, 4.69) is 24.3 Å². The molecule has 0 aromatic heterocycles. The Morgan fingerprint density at radius 1 is 0.562 bits per heavy atom. The summed E-state index contributed by atoms with van der Waals surface area (Å²) in [5, 5.41) is 20.8. The minimum absolute atomic E-state index is 0.181. The van der Waals surface area contributed by atoms with E-state index in [1.807, 2.05) is 111 Å². The summed E-state index contributed by atoms with van der Waals surface area (Å²) in [4.78, 5) is 20.3. The van der Waals surface area contributed by atoms with E-state index in [1.54, 1.807) is 6.08 Å². The molecule has 0 spiro atoms. The van der Waals surface area contributed by atoms with Crippen LogP contribution in [-0.4, -0.2) is 39.2 Å². The van der Waals surface area contributed by atoms with Gasteiger partial charge in [-0.3, -0.25) is 0 Å². The van der Waals surface area contributed by atoms with Gasteiger partial charge in [0.1, 0.15) is 0 Å². The molecule has 2 aromatic carbocycles. The second-order valence-corrected chi connectivity index (χ2v) is 11.9. The summed E-state index contributed by atoms with van der Waals surface area (Å²) in [6, 6.07) is 20.2. The van der Waals surface area contributed by atoms with Crippen molar-refractivity contribution in [2.24, 2.45) is 20.0 Å². The number of aliphatic hydroxyl groups excluding tert-OH is 2.